The van der Waals surface area contributed by atoms with E-state index in [4.69, 9.17) is 4.74 Å². The van der Waals surface area contributed by atoms with Gasteiger partial charge in [0.15, 0.2) is 4.80 Å². The lowest BCUT2D eigenvalue weighted by Gasteiger charge is -2.05. The van der Waals surface area contributed by atoms with Gasteiger partial charge in [-0.2, -0.15) is 4.99 Å². The zero-order valence-corrected chi connectivity index (χ0v) is 18.3. The van der Waals surface area contributed by atoms with Crippen LogP contribution in [0.2, 0.25) is 0 Å². The fraction of sp³-hybridized carbons (Fsp3) is 0.167. The van der Waals surface area contributed by atoms with E-state index in [0.29, 0.717) is 17.0 Å². The average molecular weight is 545 g/mol. The molecule has 0 aliphatic rings. The summed E-state index contributed by atoms with van der Waals surface area (Å²) in [6, 6.07) is 13.0. The first kappa shape index (κ1) is 19.2. The second-order valence-electron chi connectivity index (χ2n) is 5.28. The van der Waals surface area contributed by atoms with E-state index < -0.39 is 0 Å². The number of benzene rings is 2. The Hall–Kier alpha value is -1.52. The first-order valence-electron chi connectivity index (χ1n) is 7.77. The molecule has 134 valence electrons. The smallest absolute Gasteiger partial charge is 0.326 e. The van der Waals surface area contributed by atoms with Gasteiger partial charge in [-0.3, -0.25) is 9.59 Å². The highest BCUT2D eigenvalue weighted by atomic mass is 127. The van der Waals surface area contributed by atoms with Crippen molar-refractivity contribution in [3.05, 3.63) is 60.9 Å². The fourth-order valence-corrected chi connectivity index (χ4v) is 4.60. The number of rotatable bonds is 4. The van der Waals surface area contributed by atoms with Crippen molar-refractivity contribution >= 4 is 72.0 Å². The minimum Gasteiger partial charge on any atom is -0.465 e. The molecule has 0 spiro atoms. The van der Waals surface area contributed by atoms with E-state index in [1.54, 1.807) is 23.6 Å². The predicted molar refractivity (Wildman–Crippen MR) is 113 cm³/mol. The van der Waals surface area contributed by atoms with Gasteiger partial charge in [0.1, 0.15) is 6.54 Å². The van der Waals surface area contributed by atoms with E-state index in [1.807, 2.05) is 30.3 Å². The van der Waals surface area contributed by atoms with Gasteiger partial charge in [-0.25, -0.2) is 0 Å². The summed E-state index contributed by atoms with van der Waals surface area (Å²) in [6.07, 6.45) is 0. The highest BCUT2D eigenvalue weighted by Gasteiger charge is 2.14. The Kier molecular flexibility index (Phi) is 6.25. The third-order valence-electron chi connectivity index (χ3n) is 3.54. The zero-order chi connectivity index (χ0) is 18.7. The molecule has 0 aliphatic heterocycles. The quantitative estimate of drug-likeness (QED) is 0.362. The van der Waals surface area contributed by atoms with Gasteiger partial charge < -0.3 is 9.30 Å². The highest BCUT2D eigenvalue weighted by molar-refractivity contribution is 14.1. The summed E-state index contributed by atoms with van der Waals surface area (Å²) in [5.74, 6) is -0.698. The normalized spacial score (nSPS) is 11.7. The minimum atomic E-state index is -0.363. The SMILES string of the molecule is CCOC(=O)Cn1c(=NC(=O)c2ccccc2I)sc2cc(Br)ccc21. The molecule has 8 heteroatoms. The van der Waals surface area contributed by atoms with Gasteiger partial charge in [0, 0.05) is 8.04 Å². The van der Waals surface area contributed by atoms with Crippen molar-refractivity contribution in [1.29, 1.82) is 0 Å². The van der Waals surface area contributed by atoms with Crippen LogP contribution < -0.4 is 4.80 Å². The Morgan fingerprint density at radius 3 is 2.77 bits per heavy atom. The predicted octanol–water partition coefficient (Wildman–Crippen LogP) is 4.37. The Bertz CT molecular complexity index is 1060. The summed E-state index contributed by atoms with van der Waals surface area (Å²) < 4.78 is 9.46. The fourth-order valence-electron chi connectivity index (χ4n) is 2.40. The number of halogens is 2. The summed E-state index contributed by atoms with van der Waals surface area (Å²) in [4.78, 5) is 29.4. The summed E-state index contributed by atoms with van der Waals surface area (Å²) in [7, 11) is 0. The third kappa shape index (κ3) is 4.24. The van der Waals surface area contributed by atoms with Crippen molar-refractivity contribution in [1.82, 2.24) is 4.57 Å². The van der Waals surface area contributed by atoms with Gasteiger partial charge in [0.2, 0.25) is 0 Å². The molecule has 0 bridgehead atoms. The number of esters is 1. The van der Waals surface area contributed by atoms with Gasteiger partial charge in [-0.15, -0.1) is 0 Å². The van der Waals surface area contributed by atoms with E-state index >= 15 is 0 Å². The van der Waals surface area contributed by atoms with Crippen LogP contribution in [-0.4, -0.2) is 23.1 Å². The Morgan fingerprint density at radius 2 is 2.04 bits per heavy atom. The minimum absolute atomic E-state index is 0.00741. The number of ether oxygens (including phenoxy) is 1. The molecule has 2 aromatic carbocycles. The van der Waals surface area contributed by atoms with Crippen LogP contribution in [0.4, 0.5) is 0 Å². The molecule has 3 aromatic rings. The number of hydrogen-bond donors (Lipinski definition) is 0. The van der Waals surface area contributed by atoms with Crippen LogP contribution >= 0.6 is 49.9 Å². The Morgan fingerprint density at radius 1 is 1.27 bits per heavy atom. The number of fused-ring (bicyclic) bond motifs is 1. The van der Waals surface area contributed by atoms with Crippen LogP contribution in [0, 0.1) is 3.57 Å². The lowest BCUT2D eigenvalue weighted by atomic mass is 10.2. The zero-order valence-electron chi connectivity index (χ0n) is 13.7. The van der Waals surface area contributed by atoms with E-state index in [-0.39, 0.29) is 18.4 Å². The molecule has 26 heavy (non-hydrogen) atoms. The monoisotopic (exact) mass is 544 g/mol. The van der Waals surface area contributed by atoms with E-state index in [2.05, 4.69) is 43.5 Å². The number of nitrogens with zero attached hydrogens (tertiary/aromatic N) is 2. The van der Waals surface area contributed by atoms with E-state index in [0.717, 1.165) is 18.3 Å². The van der Waals surface area contributed by atoms with Crippen LogP contribution in [0.3, 0.4) is 0 Å². The number of hydrogen-bond acceptors (Lipinski definition) is 4. The molecule has 0 atom stereocenters. The first-order valence-corrected chi connectivity index (χ1v) is 10.5. The number of thiazole rings is 1. The standard InChI is InChI=1S/C18H14BrIN2O3S/c1-2-25-16(23)10-22-14-8-7-11(19)9-15(14)26-18(22)21-17(24)12-5-3-4-6-13(12)20/h3-9H,2,10H2,1H3. The Labute approximate surface area is 176 Å². The molecule has 0 saturated heterocycles. The van der Waals surface area contributed by atoms with Gasteiger partial charge in [0.25, 0.3) is 5.91 Å². The van der Waals surface area contributed by atoms with E-state index in [9.17, 15) is 9.59 Å². The molecule has 1 heterocycles. The first-order chi connectivity index (χ1) is 12.5. The van der Waals surface area contributed by atoms with Crippen molar-refractivity contribution in [2.24, 2.45) is 4.99 Å². The molecule has 5 nitrogen and oxygen atoms in total. The van der Waals surface area contributed by atoms with Crippen molar-refractivity contribution in [3.63, 3.8) is 0 Å². The van der Waals surface area contributed by atoms with Crippen LogP contribution in [0.15, 0.2) is 51.9 Å². The van der Waals surface area contributed by atoms with Gasteiger partial charge >= 0.3 is 5.97 Å². The molecule has 3 rings (SSSR count). The van der Waals surface area contributed by atoms with Crippen molar-refractivity contribution in [3.8, 4) is 0 Å². The molecule has 0 aliphatic carbocycles. The molecular formula is C18H14BrIN2O3S. The van der Waals surface area contributed by atoms with Crippen LogP contribution in [-0.2, 0) is 16.1 Å². The second-order valence-corrected chi connectivity index (χ2v) is 8.37. The molecule has 0 N–H and O–H groups in total. The molecule has 0 saturated carbocycles. The largest absolute Gasteiger partial charge is 0.465 e. The number of amides is 1. The highest BCUT2D eigenvalue weighted by Crippen LogP contribution is 2.22. The maximum atomic E-state index is 12.6. The summed E-state index contributed by atoms with van der Waals surface area (Å²) >= 11 is 6.92. The molecule has 1 aromatic heterocycles. The average Bonchev–Trinajstić information content (AvgIpc) is 2.91. The van der Waals surface area contributed by atoms with Crippen molar-refractivity contribution in [2.75, 3.05) is 6.61 Å². The molecule has 0 radical (unpaired) electrons. The van der Waals surface area contributed by atoms with Crippen LogP contribution in [0.5, 0.6) is 0 Å². The maximum absolute atomic E-state index is 12.6. The maximum Gasteiger partial charge on any atom is 0.326 e. The number of carbonyl (C=O) groups excluding carboxylic acids is 2. The lowest BCUT2D eigenvalue weighted by Crippen LogP contribution is -2.23. The molecule has 0 unspecified atom stereocenters. The van der Waals surface area contributed by atoms with Crippen LogP contribution in [0.1, 0.15) is 17.3 Å². The van der Waals surface area contributed by atoms with Gasteiger partial charge in [-0.05, 0) is 59.8 Å². The summed E-state index contributed by atoms with van der Waals surface area (Å²) in [6.45, 7) is 2.08. The second kappa shape index (κ2) is 8.45. The molecule has 1 amide bonds. The van der Waals surface area contributed by atoms with E-state index in [1.165, 1.54) is 11.3 Å². The van der Waals surface area contributed by atoms with Crippen LogP contribution in [0.25, 0.3) is 10.2 Å². The summed E-state index contributed by atoms with van der Waals surface area (Å²) in [5, 5.41) is 0. The van der Waals surface area contributed by atoms with Crippen molar-refractivity contribution in [2.45, 2.75) is 13.5 Å². The lowest BCUT2D eigenvalue weighted by molar-refractivity contribution is -0.143. The molecular weight excluding hydrogens is 531 g/mol. The summed E-state index contributed by atoms with van der Waals surface area (Å²) in [5.41, 5.74) is 1.37. The van der Waals surface area contributed by atoms with Gasteiger partial charge in [0.05, 0.1) is 22.4 Å². The molecule has 0 fully saturated rings. The van der Waals surface area contributed by atoms with Crippen molar-refractivity contribution < 1.29 is 14.3 Å². The number of aromatic nitrogens is 1. The topological polar surface area (TPSA) is 60.7 Å². The van der Waals surface area contributed by atoms with Gasteiger partial charge in [-0.1, -0.05) is 39.4 Å². The Balaban J connectivity index is 2.13. The third-order valence-corrected chi connectivity index (χ3v) is 6.01. The number of carbonyl (C=O) groups is 2.